The molecule has 0 bridgehead atoms. The van der Waals surface area contributed by atoms with Crippen LogP contribution in [0.25, 0.3) is 5.69 Å². The van der Waals surface area contributed by atoms with E-state index < -0.39 is 0 Å². The number of anilines is 1. The molecule has 3 aromatic rings. The van der Waals surface area contributed by atoms with E-state index in [0.717, 1.165) is 25.3 Å². The molecule has 1 aromatic carbocycles. The quantitative estimate of drug-likeness (QED) is 0.777. The summed E-state index contributed by atoms with van der Waals surface area (Å²) in [6, 6.07) is 14.9. The van der Waals surface area contributed by atoms with Crippen molar-refractivity contribution in [3.05, 3.63) is 60.6 Å². The van der Waals surface area contributed by atoms with Crippen LogP contribution in [0.1, 0.15) is 18.5 Å². The first kappa shape index (κ1) is 15.9. The summed E-state index contributed by atoms with van der Waals surface area (Å²) < 4.78 is 3.96. The van der Waals surface area contributed by atoms with Crippen molar-refractivity contribution in [2.75, 3.05) is 18.0 Å². The first-order valence-corrected chi connectivity index (χ1v) is 8.86. The second-order valence-corrected chi connectivity index (χ2v) is 6.55. The lowest BCUT2D eigenvalue weighted by atomic mass is 10.1. The van der Waals surface area contributed by atoms with Crippen LogP contribution < -0.4 is 10.2 Å². The molecule has 0 aliphatic carbocycles. The fourth-order valence-electron chi connectivity index (χ4n) is 3.54. The molecule has 0 saturated carbocycles. The molecule has 1 aliphatic rings. The zero-order chi connectivity index (χ0) is 17.1. The molecule has 1 atom stereocenters. The van der Waals surface area contributed by atoms with Gasteiger partial charge in [0.05, 0.1) is 17.6 Å². The summed E-state index contributed by atoms with van der Waals surface area (Å²) in [5.74, 6) is 1.20. The summed E-state index contributed by atoms with van der Waals surface area (Å²) in [6.07, 6.45) is 6.13. The Morgan fingerprint density at radius 1 is 1.08 bits per heavy atom. The van der Waals surface area contributed by atoms with E-state index >= 15 is 0 Å². The minimum Gasteiger partial charge on any atom is -0.355 e. The van der Waals surface area contributed by atoms with Crippen molar-refractivity contribution in [3.63, 3.8) is 0 Å². The van der Waals surface area contributed by atoms with E-state index in [0.29, 0.717) is 6.04 Å². The van der Waals surface area contributed by atoms with Gasteiger partial charge in [-0.25, -0.2) is 4.68 Å². The number of piperidine rings is 1. The van der Waals surface area contributed by atoms with E-state index in [2.05, 4.69) is 44.7 Å². The van der Waals surface area contributed by atoms with E-state index in [1.807, 2.05) is 47.0 Å². The lowest BCUT2D eigenvalue weighted by Crippen LogP contribution is -2.46. The maximum absolute atomic E-state index is 4.47. The smallest absolute Gasteiger partial charge is 0.126 e. The van der Waals surface area contributed by atoms with Crippen LogP contribution in [-0.4, -0.2) is 38.7 Å². The van der Waals surface area contributed by atoms with Gasteiger partial charge in [-0.1, -0.05) is 18.2 Å². The summed E-state index contributed by atoms with van der Waals surface area (Å²) in [5.41, 5.74) is 2.29. The maximum atomic E-state index is 4.47. The molecule has 3 heterocycles. The molecule has 25 heavy (non-hydrogen) atoms. The minimum atomic E-state index is 0.475. The van der Waals surface area contributed by atoms with Gasteiger partial charge in [0.15, 0.2) is 0 Å². The number of para-hydroxylation sites is 1. The average Bonchev–Trinajstić information content (AvgIpc) is 3.30. The van der Waals surface area contributed by atoms with Crippen molar-refractivity contribution in [3.8, 4) is 5.69 Å². The first-order valence-electron chi connectivity index (χ1n) is 8.86. The number of aryl methyl sites for hydroxylation is 1. The number of hydrogen-bond donors (Lipinski definition) is 1. The molecule has 0 spiro atoms. The van der Waals surface area contributed by atoms with Crippen molar-refractivity contribution >= 4 is 5.82 Å². The highest BCUT2D eigenvalue weighted by Crippen LogP contribution is 2.19. The molecule has 6 nitrogen and oxygen atoms in total. The summed E-state index contributed by atoms with van der Waals surface area (Å²) in [5, 5.41) is 12.5. The van der Waals surface area contributed by atoms with Crippen LogP contribution in [0.3, 0.4) is 0 Å². The SMILES string of the molecule is Cn1nccc1N1CCCC(NCc2ccnn2-c2ccccc2)C1. The molecule has 0 radical (unpaired) electrons. The third kappa shape index (κ3) is 3.44. The largest absolute Gasteiger partial charge is 0.355 e. The normalized spacial score (nSPS) is 17.8. The fraction of sp³-hybridized carbons (Fsp3) is 0.368. The Hall–Kier alpha value is -2.60. The highest BCUT2D eigenvalue weighted by Gasteiger charge is 2.21. The Morgan fingerprint density at radius 3 is 2.72 bits per heavy atom. The van der Waals surface area contributed by atoms with Gasteiger partial charge in [-0.2, -0.15) is 10.2 Å². The number of hydrogen-bond acceptors (Lipinski definition) is 4. The zero-order valence-electron chi connectivity index (χ0n) is 14.5. The van der Waals surface area contributed by atoms with E-state index in [1.165, 1.54) is 24.4 Å². The second-order valence-electron chi connectivity index (χ2n) is 6.55. The third-order valence-electron chi connectivity index (χ3n) is 4.83. The molecule has 1 N–H and O–H groups in total. The third-order valence-corrected chi connectivity index (χ3v) is 4.83. The van der Waals surface area contributed by atoms with Crippen LogP contribution in [0.5, 0.6) is 0 Å². The molecule has 6 heteroatoms. The standard InChI is InChI=1S/C19H24N6/c1-23-19(10-12-21-23)24-13-5-6-16(15-24)20-14-18-9-11-22-25(18)17-7-3-2-4-8-17/h2-4,7-12,16,20H,5-6,13-15H2,1H3. The number of nitrogens with zero attached hydrogens (tertiary/aromatic N) is 5. The lowest BCUT2D eigenvalue weighted by molar-refractivity contribution is 0.413. The van der Waals surface area contributed by atoms with Crippen molar-refractivity contribution in [2.24, 2.45) is 7.05 Å². The highest BCUT2D eigenvalue weighted by atomic mass is 15.4. The molecule has 2 aromatic heterocycles. The van der Waals surface area contributed by atoms with Crippen molar-refractivity contribution in [1.82, 2.24) is 24.9 Å². The Balaban J connectivity index is 1.41. The molecule has 1 saturated heterocycles. The van der Waals surface area contributed by atoms with Crippen LogP contribution in [0.15, 0.2) is 54.9 Å². The number of nitrogens with one attached hydrogen (secondary N) is 1. The van der Waals surface area contributed by atoms with Gasteiger partial charge in [-0.15, -0.1) is 0 Å². The Labute approximate surface area is 148 Å². The molecule has 130 valence electrons. The van der Waals surface area contributed by atoms with Gasteiger partial charge in [0.25, 0.3) is 0 Å². The van der Waals surface area contributed by atoms with E-state index in [4.69, 9.17) is 0 Å². The summed E-state index contributed by atoms with van der Waals surface area (Å²) in [7, 11) is 2.00. The summed E-state index contributed by atoms with van der Waals surface area (Å²) in [6.45, 7) is 2.93. The number of aromatic nitrogens is 4. The predicted molar refractivity (Wildman–Crippen MR) is 98.8 cm³/mol. The minimum absolute atomic E-state index is 0.475. The molecular formula is C19H24N6. The summed E-state index contributed by atoms with van der Waals surface area (Å²) in [4.78, 5) is 2.42. The molecule has 1 fully saturated rings. The van der Waals surface area contributed by atoms with E-state index in [1.54, 1.807) is 0 Å². The Morgan fingerprint density at radius 2 is 1.92 bits per heavy atom. The van der Waals surface area contributed by atoms with Crippen LogP contribution in [-0.2, 0) is 13.6 Å². The van der Waals surface area contributed by atoms with Gasteiger partial charge < -0.3 is 10.2 Å². The van der Waals surface area contributed by atoms with Crippen LogP contribution in [0, 0.1) is 0 Å². The molecule has 1 unspecified atom stereocenters. The Bertz CT molecular complexity index is 806. The fourth-order valence-corrected chi connectivity index (χ4v) is 3.54. The number of benzene rings is 1. The second kappa shape index (κ2) is 7.11. The van der Waals surface area contributed by atoms with E-state index in [-0.39, 0.29) is 0 Å². The summed E-state index contributed by atoms with van der Waals surface area (Å²) >= 11 is 0. The van der Waals surface area contributed by atoms with E-state index in [9.17, 15) is 0 Å². The van der Waals surface area contributed by atoms with Gasteiger partial charge in [-0.05, 0) is 31.0 Å². The van der Waals surface area contributed by atoms with Gasteiger partial charge in [0, 0.05) is 45.0 Å². The lowest BCUT2D eigenvalue weighted by Gasteiger charge is -2.34. The van der Waals surface area contributed by atoms with Gasteiger partial charge >= 0.3 is 0 Å². The van der Waals surface area contributed by atoms with Gasteiger partial charge in [0.1, 0.15) is 5.82 Å². The van der Waals surface area contributed by atoms with Crippen LogP contribution in [0.2, 0.25) is 0 Å². The number of rotatable bonds is 5. The van der Waals surface area contributed by atoms with Crippen molar-refractivity contribution < 1.29 is 0 Å². The Kier molecular flexibility index (Phi) is 4.52. The molecule has 4 rings (SSSR count). The van der Waals surface area contributed by atoms with Crippen LogP contribution >= 0.6 is 0 Å². The van der Waals surface area contributed by atoms with Gasteiger partial charge in [-0.3, -0.25) is 4.68 Å². The maximum Gasteiger partial charge on any atom is 0.126 e. The molecular weight excluding hydrogens is 312 g/mol. The first-order chi connectivity index (χ1) is 12.3. The highest BCUT2D eigenvalue weighted by molar-refractivity contribution is 5.39. The van der Waals surface area contributed by atoms with Gasteiger partial charge in [0.2, 0.25) is 0 Å². The topological polar surface area (TPSA) is 50.9 Å². The molecule has 1 aliphatic heterocycles. The average molecular weight is 336 g/mol. The van der Waals surface area contributed by atoms with Crippen molar-refractivity contribution in [2.45, 2.75) is 25.4 Å². The van der Waals surface area contributed by atoms with Crippen molar-refractivity contribution in [1.29, 1.82) is 0 Å². The van der Waals surface area contributed by atoms with Crippen LogP contribution in [0.4, 0.5) is 5.82 Å². The predicted octanol–water partition coefficient (Wildman–Crippen LogP) is 2.36. The zero-order valence-corrected chi connectivity index (χ0v) is 14.5. The molecule has 0 amide bonds. The monoisotopic (exact) mass is 336 g/mol.